The smallest absolute Gasteiger partial charge is 0.262 e. The van der Waals surface area contributed by atoms with E-state index in [0.717, 1.165) is 17.0 Å². The first-order valence-corrected chi connectivity index (χ1v) is 9.12. The molecule has 1 atom stereocenters. The van der Waals surface area contributed by atoms with E-state index >= 15 is 0 Å². The number of carbonyl (C=O) groups excluding carboxylic acids is 4. The molecule has 8 nitrogen and oxygen atoms in total. The molecular weight excluding hydrogens is 348 g/mol. The SMILES string of the molecule is CC(C)N(CCN)Cc1ccc2c(c1)C(=O)N(C1CCC(=O)NC1=O)C2=O. The largest absolute Gasteiger partial charge is 0.329 e. The molecule has 2 aliphatic rings. The van der Waals surface area contributed by atoms with Gasteiger partial charge in [0.1, 0.15) is 6.04 Å². The highest BCUT2D eigenvalue weighted by Crippen LogP contribution is 2.28. The van der Waals surface area contributed by atoms with E-state index in [-0.39, 0.29) is 18.7 Å². The number of nitrogens with two attached hydrogens (primary N) is 1. The van der Waals surface area contributed by atoms with Crippen LogP contribution in [-0.2, 0) is 16.1 Å². The molecule has 1 unspecified atom stereocenters. The highest BCUT2D eigenvalue weighted by molar-refractivity contribution is 6.23. The average Bonchev–Trinajstić information content (AvgIpc) is 2.86. The summed E-state index contributed by atoms with van der Waals surface area (Å²) in [6, 6.07) is 4.52. The number of nitrogens with zero attached hydrogens (tertiary/aromatic N) is 2. The second-order valence-corrected chi connectivity index (χ2v) is 7.18. The van der Waals surface area contributed by atoms with Gasteiger partial charge in [0.15, 0.2) is 0 Å². The molecule has 3 rings (SSSR count). The van der Waals surface area contributed by atoms with Crippen LogP contribution in [-0.4, -0.2) is 58.6 Å². The topological polar surface area (TPSA) is 113 Å². The zero-order chi connectivity index (χ0) is 19.7. The minimum atomic E-state index is -0.942. The Morgan fingerprint density at radius 1 is 1.19 bits per heavy atom. The van der Waals surface area contributed by atoms with Gasteiger partial charge in [0.2, 0.25) is 11.8 Å². The molecule has 27 heavy (non-hydrogen) atoms. The number of amides is 4. The van der Waals surface area contributed by atoms with Crippen molar-refractivity contribution in [1.29, 1.82) is 0 Å². The lowest BCUT2D eigenvalue weighted by Gasteiger charge is -2.27. The first-order valence-electron chi connectivity index (χ1n) is 9.12. The number of benzene rings is 1. The van der Waals surface area contributed by atoms with Crippen LogP contribution in [0.3, 0.4) is 0 Å². The minimum absolute atomic E-state index is 0.109. The van der Waals surface area contributed by atoms with Gasteiger partial charge in [-0.05, 0) is 38.0 Å². The third kappa shape index (κ3) is 3.63. The number of nitrogens with one attached hydrogen (secondary N) is 1. The summed E-state index contributed by atoms with van der Waals surface area (Å²) < 4.78 is 0. The Labute approximate surface area is 157 Å². The van der Waals surface area contributed by atoms with E-state index in [0.29, 0.717) is 30.3 Å². The van der Waals surface area contributed by atoms with Gasteiger partial charge in [-0.1, -0.05) is 6.07 Å². The Kier molecular flexibility index (Phi) is 5.38. The molecule has 2 aliphatic heterocycles. The van der Waals surface area contributed by atoms with Crippen LogP contribution in [0.25, 0.3) is 0 Å². The molecule has 3 N–H and O–H groups in total. The van der Waals surface area contributed by atoms with Crippen molar-refractivity contribution in [2.45, 2.75) is 45.3 Å². The molecule has 0 saturated carbocycles. The normalized spacial score (nSPS) is 19.9. The number of rotatable bonds is 6. The van der Waals surface area contributed by atoms with Gasteiger partial charge < -0.3 is 5.73 Å². The summed E-state index contributed by atoms with van der Waals surface area (Å²) in [7, 11) is 0. The fraction of sp³-hybridized carbons (Fsp3) is 0.474. The molecule has 2 heterocycles. The van der Waals surface area contributed by atoms with Gasteiger partial charge in [0.25, 0.3) is 11.8 Å². The Bertz CT molecular complexity index is 805. The standard InChI is InChI=1S/C19H24N4O4/c1-11(2)22(8-7-20)10-12-3-4-13-14(9-12)19(27)23(18(13)26)15-5-6-16(24)21-17(15)25/h3-4,9,11,15H,5-8,10,20H2,1-2H3,(H,21,24,25). The van der Waals surface area contributed by atoms with Gasteiger partial charge in [-0.2, -0.15) is 0 Å². The van der Waals surface area contributed by atoms with Gasteiger partial charge in [0, 0.05) is 32.1 Å². The van der Waals surface area contributed by atoms with Gasteiger partial charge in [-0.3, -0.25) is 34.3 Å². The molecule has 0 spiro atoms. The lowest BCUT2D eigenvalue weighted by molar-refractivity contribution is -0.136. The summed E-state index contributed by atoms with van der Waals surface area (Å²) in [6.07, 6.45) is 0.262. The number of piperidine rings is 1. The molecule has 8 heteroatoms. The van der Waals surface area contributed by atoms with E-state index in [9.17, 15) is 19.2 Å². The predicted molar refractivity (Wildman–Crippen MR) is 97.7 cm³/mol. The summed E-state index contributed by atoms with van der Waals surface area (Å²) in [6.45, 7) is 6.01. The van der Waals surface area contributed by atoms with Crippen molar-refractivity contribution in [3.8, 4) is 0 Å². The number of carbonyl (C=O) groups is 4. The average molecular weight is 372 g/mol. The maximum atomic E-state index is 12.8. The Morgan fingerprint density at radius 2 is 1.89 bits per heavy atom. The van der Waals surface area contributed by atoms with Gasteiger partial charge in [-0.15, -0.1) is 0 Å². The van der Waals surface area contributed by atoms with E-state index in [1.807, 2.05) is 6.07 Å². The van der Waals surface area contributed by atoms with Crippen LogP contribution in [0.5, 0.6) is 0 Å². The molecule has 0 radical (unpaired) electrons. The van der Waals surface area contributed by atoms with Crippen LogP contribution in [0, 0.1) is 0 Å². The second-order valence-electron chi connectivity index (χ2n) is 7.18. The van der Waals surface area contributed by atoms with E-state index in [2.05, 4.69) is 24.1 Å². The van der Waals surface area contributed by atoms with Gasteiger partial charge >= 0.3 is 0 Å². The van der Waals surface area contributed by atoms with Crippen molar-refractivity contribution < 1.29 is 19.2 Å². The highest BCUT2D eigenvalue weighted by Gasteiger charge is 2.44. The summed E-state index contributed by atoms with van der Waals surface area (Å²) in [4.78, 5) is 52.1. The predicted octanol–water partition coefficient (Wildman–Crippen LogP) is 0.257. The Hall–Kier alpha value is -2.58. The summed E-state index contributed by atoms with van der Waals surface area (Å²) in [5, 5.41) is 2.20. The van der Waals surface area contributed by atoms with E-state index in [4.69, 9.17) is 5.73 Å². The van der Waals surface area contributed by atoms with Crippen LogP contribution in [0.15, 0.2) is 18.2 Å². The number of imide groups is 2. The van der Waals surface area contributed by atoms with Crippen molar-refractivity contribution in [3.05, 3.63) is 34.9 Å². The van der Waals surface area contributed by atoms with Crippen LogP contribution in [0.4, 0.5) is 0 Å². The Morgan fingerprint density at radius 3 is 2.52 bits per heavy atom. The third-order valence-corrected chi connectivity index (χ3v) is 5.04. The fourth-order valence-electron chi connectivity index (χ4n) is 3.54. The van der Waals surface area contributed by atoms with Crippen molar-refractivity contribution in [2.75, 3.05) is 13.1 Å². The zero-order valence-electron chi connectivity index (χ0n) is 15.5. The second kappa shape index (κ2) is 7.58. The molecule has 1 aromatic rings. The first-order chi connectivity index (χ1) is 12.8. The van der Waals surface area contributed by atoms with Crippen LogP contribution in [0.2, 0.25) is 0 Å². The number of fused-ring (bicyclic) bond motifs is 1. The molecular formula is C19H24N4O4. The number of hydrogen-bond donors (Lipinski definition) is 2. The van der Waals surface area contributed by atoms with Crippen molar-refractivity contribution >= 4 is 23.6 Å². The van der Waals surface area contributed by atoms with Crippen LogP contribution >= 0.6 is 0 Å². The quantitative estimate of drug-likeness (QED) is 0.693. The molecule has 1 saturated heterocycles. The monoisotopic (exact) mass is 372 g/mol. The molecule has 4 amide bonds. The van der Waals surface area contributed by atoms with Crippen molar-refractivity contribution in [2.24, 2.45) is 5.73 Å². The first kappa shape index (κ1) is 19.2. The number of hydrogen-bond acceptors (Lipinski definition) is 6. The summed E-state index contributed by atoms with van der Waals surface area (Å²) >= 11 is 0. The lowest BCUT2D eigenvalue weighted by Crippen LogP contribution is -2.54. The van der Waals surface area contributed by atoms with E-state index < -0.39 is 23.8 Å². The highest BCUT2D eigenvalue weighted by atomic mass is 16.2. The van der Waals surface area contributed by atoms with Gasteiger partial charge in [-0.25, -0.2) is 0 Å². The summed E-state index contributed by atoms with van der Waals surface area (Å²) in [5.41, 5.74) is 7.17. The summed E-state index contributed by atoms with van der Waals surface area (Å²) in [5.74, 6) is -1.96. The maximum Gasteiger partial charge on any atom is 0.262 e. The minimum Gasteiger partial charge on any atom is -0.329 e. The van der Waals surface area contributed by atoms with Gasteiger partial charge in [0.05, 0.1) is 11.1 Å². The molecule has 0 bridgehead atoms. The van der Waals surface area contributed by atoms with E-state index in [1.54, 1.807) is 12.1 Å². The molecule has 1 fully saturated rings. The lowest BCUT2D eigenvalue weighted by atomic mass is 10.0. The van der Waals surface area contributed by atoms with E-state index in [1.165, 1.54) is 0 Å². The zero-order valence-corrected chi connectivity index (χ0v) is 15.5. The Balaban J connectivity index is 1.84. The fourth-order valence-corrected chi connectivity index (χ4v) is 3.54. The molecule has 144 valence electrons. The van der Waals surface area contributed by atoms with Crippen molar-refractivity contribution in [3.63, 3.8) is 0 Å². The third-order valence-electron chi connectivity index (χ3n) is 5.04. The van der Waals surface area contributed by atoms with Crippen LogP contribution < -0.4 is 11.1 Å². The maximum absolute atomic E-state index is 12.8. The van der Waals surface area contributed by atoms with Crippen LogP contribution in [0.1, 0.15) is 53.0 Å². The molecule has 0 aromatic heterocycles. The van der Waals surface area contributed by atoms with Crippen molar-refractivity contribution in [1.82, 2.24) is 15.1 Å². The molecule has 0 aliphatic carbocycles. The molecule has 1 aromatic carbocycles.